The monoisotopic (exact) mass is 495 g/mol. The highest BCUT2D eigenvalue weighted by Crippen LogP contribution is 2.27. The van der Waals surface area contributed by atoms with E-state index in [1.807, 2.05) is 48.5 Å². The summed E-state index contributed by atoms with van der Waals surface area (Å²) in [5, 5.41) is 12.7. The SMILES string of the molecule is CC(C)(CCc1ccc(-c2cccc(-n3cc(C(=O)NC4CC4)c(=O)c4cccnc43)c2)cc1)C(=O)O. The Morgan fingerprint density at radius 2 is 1.81 bits per heavy atom. The minimum Gasteiger partial charge on any atom is -0.481 e. The Bertz CT molecular complexity index is 1550. The number of rotatable bonds is 8. The Morgan fingerprint density at radius 3 is 2.51 bits per heavy atom. The minimum atomic E-state index is -0.793. The maximum atomic E-state index is 13.1. The molecule has 1 fully saturated rings. The molecule has 1 saturated carbocycles. The van der Waals surface area contributed by atoms with Crippen molar-refractivity contribution in [2.75, 3.05) is 0 Å². The van der Waals surface area contributed by atoms with Crippen LogP contribution in [0.1, 0.15) is 49.0 Å². The number of aliphatic carboxylic acids is 1. The first kappa shape index (κ1) is 24.4. The van der Waals surface area contributed by atoms with E-state index in [1.165, 1.54) is 0 Å². The van der Waals surface area contributed by atoms with Crippen LogP contribution in [-0.4, -0.2) is 32.6 Å². The molecule has 1 amide bonds. The van der Waals surface area contributed by atoms with Gasteiger partial charge in [-0.15, -0.1) is 0 Å². The number of fused-ring (bicyclic) bond motifs is 1. The van der Waals surface area contributed by atoms with Gasteiger partial charge in [-0.05, 0) is 80.5 Å². The van der Waals surface area contributed by atoms with E-state index in [4.69, 9.17) is 0 Å². The lowest BCUT2D eigenvalue weighted by molar-refractivity contribution is -0.147. The molecule has 2 aromatic heterocycles. The quantitative estimate of drug-likeness (QED) is 0.359. The smallest absolute Gasteiger partial charge is 0.309 e. The number of carbonyl (C=O) groups excluding carboxylic acids is 1. The number of aryl methyl sites for hydroxylation is 1. The molecule has 1 aliphatic rings. The lowest BCUT2D eigenvalue weighted by Crippen LogP contribution is -2.31. The molecule has 0 radical (unpaired) electrons. The van der Waals surface area contributed by atoms with Gasteiger partial charge in [-0.25, -0.2) is 4.98 Å². The summed E-state index contributed by atoms with van der Waals surface area (Å²) < 4.78 is 1.80. The van der Waals surface area contributed by atoms with E-state index in [9.17, 15) is 19.5 Å². The predicted octanol–water partition coefficient (Wildman–Crippen LogP) is 4.99. The fourth-order valence-corrected chi connectivity index (χ4v) is 4.27. The molecule has 2 N–H and O–H groups in total. The summed E-state index contributed by atoms with van der Waals surface area (Å²) in [6.07, 6.45) is 6.33. The molecule has 7 nitrogen and oxygen atoms in total. The molecule has 0 aliphatic heterocycles. The molecule has 0 spiro atoms. The van der Waals surface area contributed by atoms with Crippen LogP contribution in [-0.2, 0) is 11.2 Å². The third-order valence-corrected chi connectivity index (χ3v) is 6.95. The van der Waals surface area contributed by atoms with Crippen LogP contribution < -0.4 is 10.7 Å². The molecule has 0 saturated heterocycles. The summed E-state index contributed by atoms with van der Waals surface area (Å²) in [5.41, 5.74) is 3.35. The fourth-order valence-electron chi connectivity index (χ4n) is 4.27. The molecule has 4 aromatic rings. The second kappa shape index (κ2) is 9.65. The van der Waals surface area contributed by atoms with Gasteiger partial charge in [0.05, 0.1) is 10.8 Å². The zero-order valence-corrected chi connectivity index (χ0v) is 20.9. The van der Waals surface area contributed by atoms with Gasteiger partial charge in [-0.3, -0.25) is 14.4 Å². The van der Waals surface area contributed by atoms with Crippen LogP contribution in [0, 0.1) is 5.41 Å². The number of carboxylic acids is 1. The number of hydrogen-bond donors (Lipinski definition) is 2. The van der Waals surface area contributed by atoms with Crippen molar-refractivity contribution in [2.24, 2.45) is 5.41 Å². The van der Waals surface area contributed by atoms with Crippen LogP contribution in [0.4, 0.5) is 0 Å². The van der Waals surface area contributed by atoms with Gasteiger partial charge in [-0.1, -0.05) is 36.4 Å². The third-order valence-electron chi connectivity index (χ3n) is 6.95. The standard InChI is InChI=1S/C30H29N3O4/c1-30(2,29(36)37)15-14-19-8-10-20(11-9-19)21-5-3-6-23(17-21)33-18-25(28(35)32-22-12-13-22)26(34)24-7-4-16-31-27(24)33/h3-11,16-18,22H,12-15H2,1-2H3,(H,32,35)(H,36,37). The average molecular weight is 496 g/mol. The zero-order chi connectivity index (χ0) is 26.2. The van der Waals surface area contributed by atoms with Crippen molar-refractivity contribution in [1.82, 2.24) is 14.9 Å². The van der Waals surface area contributed by atoms with Gasteiger partial charge in [0.2, 0.25) is 5.43 Å². The summed E-state index contributed by atoms with van der Waals surface area (Å²) in [4.78, 5) is 41.8. The number of carboxylic acid groups (broad SMARTS) is 1. The normalized spacial score (nSPS) is 13.5. The first-order valence-corrected chi connectivity index (χ1v) is 12.5. The van der Waals surface area contributed by atoms with Crippen molar-refractivity contribution in [1.29, 1.82) is 0 Å². The van der Waals surface area contributed by atoms with E-state index < -0.39 is 11.4 Å². The maximum Gasteiger partial charge on any atom is 0.309 e. The maximum absolute atomic E-state index is 13.1. The largest absolute Gasteiger partial charge is 0.481 e. The van der Waals surface area contributed by atoms with Crippen molar-refractivity contribution in [3.05, 3.63) is 94.4 Å². The Labute approximate surface area is 214 Å². The third kappa shape index (κ3) is 5.16. The number of aromatic nitrogens is 2. The second-order valence-corrected chi connectivity index (χ2v) is 10.3. The number of benzene rings is 2. The van der Waals surface area contributed by atoms with Gasteiger partial charge in [0.15, 0.2) is 0 Å². The number of nitrogens with zero attached hydrogens (tertiary/aromatic N) is 2. The summed E-state index contributed by atoms with van der Waals surface area (Å²) in [7, 11) is 0. The van der Waals surface area contributed by atoms with Crippen LogP contribution in [0.15, 0.2) is 77.9 Å². The lowest BCUT2D eigenvalue weighted by Gasteiger charge is -2.18. The van der Waals surface area contributed by atoms with Crippen molar-refractivity contribution in [3.8, 4) is 16.8 Å². The van der Waals surface area contributed by atoms with Gasteiger partial charge < -0.3 is 15.0 Å². The predicted molar refractivity (Wildman–Crippen MR) is 143 cm³/mol. The van der Waals surface area contributed by atoms with E-state index in [0.717, 1.165) is 35.2 Å². The molecule has 0 atom stereocenters. The molecule has 5 rings (SSSR count). The number of hydrogen-bond acceptors (Lipinski definition) is 4. The minimum absolute atomic E-state index is 0.103. The number of nitrogens with one attached hydrogen (secondary N) is 1. The number of pyridine rings is 2. The van der Waals surface area contributed by atoms with Crippen molar-refractivity contribution >= 4 is 22.9 Å². The summed E-state index contributed by atoms with van der Waals surface area (Å²) in [5.74, 6) is -1.15. The molecule has 37 heavy (non-hydrogen) atoms. The highest BCUT2D eigenvalue weighted by molar-refractivity contribution is 5.97. The van der Waals surface area contributed by atoms with E-state index in [1.54, 1.807) is 42.9 Å². The zero-order valence-electron chi connectivity index (χ0n) is 20.9. The summed E-state index contributed by atoms with van der Waals surface area (Å²) >= 11 is 0. The van der Waals surface area contributed by atoms with Crippen LogP contribution >= 0.6 is 0 Å². The van der Waals surface area contributed by atoms with E-state index in [-0.39, 0.29) is 22.9 Å². The van der Waals surface area contributed by atoms with E-state index in [2.05, 4.69) is 10.3 Å². The van der Waals surface area contributed by atoms with E-state index in [0.29, 0.717) is 23.9 Å². The van der Waals surface area contributed by atoms with Gasteiger partial charge in [0.1, 0.15) is 11.2 Å². The summed E-state index contributed by atoms with van der Waals surface area (Å²) in [6, 6.07) is 19.5. The van der Waals surface area contributed by atoms with Crippen LogP contribution in [0.2, 0.25) is 0 Å². The topological polar surface area (TPSA) is 101 Å². The molecule has 2 aromatic carbocycles. The highest BCUT2D eigenvalue weighted by atomic mass is 16.4. The second-order valence-electron chi connectivity index (χ2n) is 10.3. The number of carbonyl (C=O) groups is 2. The van der Waals surface area contributed by atoms with Gasteiger partial charge >= 0.3 is 5.97 Å². The Balaban J connectivity index is 1.48. The Kier molecular flexibility index (Phi) is 6.38. The molecular weight excluding hydrogens is 466 g/mol. The first-order chi connectivity index (χ1) is 17.7. The van der Waals surface area contributed by atoms with Crippen molar-refractivity contribution in [2.45, 2.75) is 45.6 Å². The molecule has 2 heterocycles. The molecular formula is C30H29N3O4. The van der Waals surface area contributed by atoms with Crippen LogP contribution in [0.3, 0.4) is 0 Å². The van der Waals surface area contributed by atoms with Gasteiger partial charge in [0, 0.05) is 24.1 Å². The van der Waals surface area contributed by atoms with Crippen LogP contribution in [0.25, 0.3) is 27.8 Å². The van der Waals surface area contributed by atoms with E-state index >= 15 is 0 Å². The Morgan fingerprint density at radius 1 is 1.05 bits per heavy atom. The van der Waals surface area contributed by atoms with Gasteiger partial charge in [-0.2, -0.15) is 0 Å². The number of amides is 1. The molecule has 7 heteroatoms. The first-order valence-electron chi connectivity index (χ1n) is 12.5. The fraction of sp³-hybridized carbons (Fsp3) is 0.267. The van der Waals surface area contributed by atoms with Crippen LogP contribution in [0.5, 0.6) is 0 Å². The average Bonchev–Trinajstić information content (AvgIpc) is 3.72. The highest BCUT2D eigenvalue weighted by Gasteiger charge is 2.27. The van der Waals surface area contributed by atoms with Crippen molar-refractivity contribution < 1.29 is 14.7 Å². The van der Waals surface area contributed by atoms with Crippen molar-refractivity contribution in [3.63, 3.8) is 0 Å². The van der Waals surface area contributed by atoms with Gasteiger partial charge in [0.25, 0.3) is 5.91 Å². The lowest BCUT2D eigenvalue weighted by atomic mass is 9.86. The Hall–Kier alpha value is -4.26. The summed E-state index contributed by atoms with van der Waals surface area (Å²) in [6.45, 7) is 3.48. The molecule has 1 aliphatic carbocycles. The molecule has 188 valence electrons. The molecule has 0 bridgehead atoms. The molecule has 0 unspecified atom stereocenters.